The summed E-state index contributed by atoms with van der Waals surface area (Å²) in [4.78, 5) is 14.1. The molecule has 2 aromatic rings. The van der Waals surface area contributed by atoms with Gasteiger partial charge in [0.1, 0.15) is 15.0 Å². The molecule has 0 radical (unpaired) electrons. The molecule has 0 aliphatic carbocycles. The first kappa shape index (κ1) is 22.0. The molecule has 156 valence electrons. The molecule has 6 nitrogen and oxygen atoms in total. The summed E-state index contributed by atoms with van der Waals surface area (Å²) in [6.07, 6.45) is 3.22. The predicted octanol–water partition coefficient (Wildman–Crippen LogP) is 3.99. The van der Waals surface area contributed by atoms with Crippen LogP contribution in [0.1, 0.15) is 5.56 Å². The zero-order valence-corrected chi connectivity index (χ0v) is 18.2. The summed E-state index contributed by atoms with van der Waals surface area (Å²) in [6, 6.07) is 8.80. The highest BCUT2D eigenvalue weighted by Gasteiger charge is 2.31. The molecule has 0 bridgehead atoms. The number of nitrogens with zero attached hydrogens (tertiary/aromatic N) is 1. The van der Waals surface area contributed by atoms with E-state index in [0.29, 0.717) is 21.3 Å². The number of hydrogen-bond acceptors (Lipinski definition) is 7. The highest BCUT2D eigenvalue weighted by Crippen LogP contribution is 2.35. The third-order valence-electron chi connectivity index (χ3n) is 3.97. The SMILES string of the molecule is C=CCN1C(=O)/C(=C\c2ccc(OS(=O)(=O)c3ccc(F)cc3)c(OC)c2)SC1=S. The molecule has 1 aliphatic heterocycles. The lowest BCUT2D eigenvalue weighted by atomic mass is 10.2. The first-order chi connectivity index (χ1) is 14.2. The van der Waals surface area contributed by atoms with Crippen molar-refractivity contribution in [1.29, 1.82) is 0 Å². The molecule has 1 aliphatic rings. The van der Waals surface area contributed by atoms with Crippen molar-refractivity contribution in [3.63, 3.8) is 0 Å². The summed E-state index contributed by atoms with van der Waals surface area (Å²) in [5.74, 6) is -0.688. The van der Waals surface area contributed by atoms with E-state index in [4.69, 9.17) is 21.1 Å². The van der Waals surface area contributed by atoms with E-state index in [1.54, 1.807) is 18.2 Å². The maximum atomic E-state index is 13.0. The Morgan fingerprint density at radius 2 is 1.90 bits per heavy atom. The van der Waals surface area contributed by atoms with Gasteiger partial charge in [0.15, 0.2) is 11.5 Å². The molecule has 0 unspecified atom stereocenters. The lowest BCUT2D eigenvalue weighted by Crippen LogP contribution is -2.27. The third kappa shape index (κ3) is 4.72. The number of ether oxygens (including phenoxy) is 1. The largest absolute Gasteiger partial charge is 0.493 e. The molecule has 10 heteroatoms. The maximum Gasteiger partial charge on any atom is 0.339 e. The first-order valence-corrected chi connectivity index (χ1v) is 11.1. The van der Waals surface area contributed by atoms with Crippen molar-refractivity contribution in [2.75, 3.05) is 13.7 Å². The van der Waals surface area contributed by atoms with E-state index in [2.05, 4.69) is 6.58 Å². The minimum atomic E-state index is -4.18. The van der Waals surface area contributed by atoms with E-state index in [1.807, 2.05) is 0 Å². The van der Waals surface area contributed by atoms with Crippen LogP contribution in [0.25, 0.3) is 6.08 Å². The van der Waals surface area contributed by atoms with Crippen molar-refractivity contribution >= 4 is 50.4 Å². The Labute approximate surface area is 183 Å². The topological polar surface area (TPSA) is 72.9 Å². The van der Waals surface area contributed by atoms with Gasteiger partial charge in [0.05, 0.1) is 12.0 Å². The number of halogens is 1. The average molecular weight is 466 g/mol. The van der Waals surface area contributed by atoms with Gasteiger partial charge in [0, 0.05) is 6.54 Å². The van der Waals surface area contributed by atoms with Crippen LogP contribution in [0.15, 0.2) is 64.9 Å². The Morgan fingerprint density at radius 1 is 1.20 bits per heavy atom. The summed E-state index contributed by atoms with van der Waals surface area (Å²) >= 11 is 6.37. The number of carbonyl (C=O) groups is 1. The van der Waals surface area contributed by atoms with Crippen molar-refractivity contribution in [2.24, 2.45) is 0 Å². The van der Waals surface area contributed by atoms with Crippen LogP contribution in [-0.2, 0) is 14.9 Å². The van der Waals surface area contributed by atoms with Gasteiger partial charge in [-0.05, 0) is 48.0 Å². The zero-order chi connectivity index (χ0) is 21.9. The Bertz CT molecular complexity index is 1140. The molecular weight excluding hydrogens is 449 g/mol. The Hall–Kier alpha value is -2.69. The van der Waals surface area contributed by atoms with E-state index in [0.717, 1.165) is 24.3 Å². The van der Waals surface area contributed by atoms with Gasteiger partial charge in [0.2, 0.25) is 0 Å². The Kier molecular flexibility index (Phi) is 6.59. The van der Waals surface area contributed by atoms with Crippen molar-refractivity contribution in [1.82, 2.24) is 4.90 Å². The number of carbonyl (C=O) groups excluding carboxylic acids is 1. The highest BCUT2D eigenvalue weighted by atomic mass is 32.2. The van der Waals surface area contributed by atoms with Crippen LogP contribution in [0.2, 0.25) is 0 Å². The van der Waals surface area contributed by atoms with Gasteiger partial charge in [-0.15, -0.1) is 6.58 Å². The lowest BCUT2D eigenvalue weighted by molar-refractivity contribution is -0.121. The number of benzene rings is 2. The molecule has 1 saturated heterocycles. The quantitative estimate of drug-likeness (QED) is 0.265. The number of rotatable bonds is 7. The molecule has 1 amide bonds. The fourth-order valence-electron chi connectivity index (χ4n) is 2.55. The van der Waals surface area contributed by atoms with Gasteiger partial charge < -0.3 is 8.92 Å². The molecule has 30 heavy (non-hydrogen) atoms. The van der Waals surface area contributed by atoms with Crippen LogP contribution in [0, 0.1) is 5.82 Å². The summed E-state index contributed by atoms with van der Waals surface area (Å²) in [7, 11) is -2.82. The van der Waals surface area contributed by atoms with E-state index < -0.39 is 15.9 Å². The molecule has 1 fully saturated rings. The zero-order valence-electron chi connectivity index (χ0n) is 15.7. The smallest absolute Gasteiger partial charge is 0.339 e. The molecule has 0 aromatic heterocycles. The van der Waals surface area contributed by atoms with Crippen LogP contribution in [0.5, 0.6) is 11.5 Å². The summed E-state index contributed by atoms with van der Waals surface area (Å²) < 4.78 is 48.7. The van der Waals surface area contributed by atoms with Gasteiger partial charge in [-0.1, -0.05) is 36.1 Å². The van der Waals surface area contributed by atoms with E-state index in [9.17, 15) is 17.6 Å². The van der Waals surface area contributed by atoms with Crippen molar-refractivity contribution in [3.05, 3.63) is 71.4 Å². The minimum absolute atomic E-state index is 0.0434. The number of methoxy groups -OCH3 is 1. The van der Waals surface area contributed by atoms with Crippen LogP contribution in [0.4, 0.5) is 4.39 Å². The summed E-state index contributed by atoms with van der Waals surface area (Å²) in [6.45, 7) is 3.93. The van der Waals surface area contributed by atoms with Gasteiger partial charge in [-0.3, -0.25) is 9.69 Å². The molecule has 1 heterocycles. The number of amides is 1. The van der Waals surface area contributed by atoms with E-state index in [1.165, 1.54) is 35.9 Å². The van der Waals surface area contributed by atoms with Gasteiger partial charge in [0.25, 0.3) is 5.91 Å². The maximum absolute atomic E-state index is 13.0. The molecular formula is C20H16FNO5S3. The van der Waals surface area contributed by atoms with E-state index in [-0.39, 0.29) is 22.3 Å². The van der Waals surface area contributed by atoms with Gasteiger partial charge >= 0.3 is 10.1 Å². The standard InChI is InChI=1S/C20H16FNO5S3/c1-3-10-22-19(23)18(29-20(22)28)12-13-4-9-16(17(11-13)26-2)27-30(24,25)15-7-5-14(21)6-8-15/h3-9,11-12H,1,10H2,2H3/b18-12+. The second-order valence-corrected chi connectivity index (χ2v) is 9.20. The fraction of sp³-hybridized carbons (Fsp3) is 0.100. The molecule has 0 N–H and O–H groups in total. The van der Waals surface area contributed by atoms with Gasteiger partial charge in [-0.25, -0.2) is 4.39 Å². The number of thiocarbonyl (C=S) groups is 1. The van der Waals surface area contributed by atoms with Crippen LogP contribution < -0.4 is 8.92 Å². The van der Waals surface area contributed by atoms with E-state index >= 15 is 0 Å². The average Bonchev–Trinajstić information content (AvgIpc) is 2.97. The van der Waals surface area contributed by atoms with Crippen LogP contribution in [-0.4, -0.2) is 37.2 Å². The third-order valence-corrected chi connectivity index (χ3v) is 6.60. The van der Waals surface area contributed by atoms with Crippen LogP contribution in [0.3, 0.4) is 0 Å². The van der Waals surface area contributed by atoms with Crippen molar-refractivity contribution in [2.45, 2.75) is 4.90 Å². The highest BCUT2D eigenvalue weighted by molar-refractivity contribution is 8.26. The molecule has 0 atom stereocenters. The monoisotopic (exact) mass is 465 g/mol. The number of thioether (sulfide) groups is 1. The molecule has 0 saturated carbocycles. The fourth-order valence-corrected chi connectivity index (χ4v) is 4.76. The normalized spacial score (nSPS) is 15.5. The second kappa shape index (κ2) is 8.99. The van der Waals surface area contributed by atoms with Crippen LogP contribution >= 0.6 is 24.0 Å². The summed E-state index contributed by atoms with van der Waals surface area (Å²) in [5, 5.41) is 0. The second-order valence-electron chi connectivity index (χ2n) is 5.98. The molecule has 0 spiro atoms. The molecule has 2 aromatic carbocycles. The van der Waals surface area contributed by atoms with Crippen molar-refractivity contribution < 1.29 is 26.5 Å². The van der Waals surface area contributed by atoms with Crippen molar-refractivity contribution in [3.8, 4) is 11.5 Å². The lowest BCUT2D eigenvalue weighted by Gasteiger charge is -2.12. The summed E-state index contributed by atoms with van der Waals surface area (Å²) in [5.41, 5.74) is 0.595. The molecule has 3 rings (SSSR count). The first-order valence-electron chi connectivity index (χ1n) is 8.49. The Balaban J connectivity index is 1.87. The minimum Gasteiger partial charge on any atom is -0.493 e. The van der Waals surface area contributed by atoms with Gasteiger partial charge in [-0.2, -0.15) is 8.42 Å². The Morgan fingerprint density at radius 3 is 2.53 bits per heavy atom. The predicted molar refractivity (Wildman–Crippen MR) is 117 cm³/mol. The number of hydrogen-bond donors (Lipinski definition) is 0.